The van der Waals surface area contributed by atoms with Gasteiger partial charge in [-0.3, -0.25) is 24.7 Å². The number of hydrogen-bond acceptors (Lipinski definition) is 6. The summed E-state index contributed by atoms with van der Waals surface area (Å²) in [7, 11) is 0. The number of nitro benzene ring substituents is 1. The second-order valence-electron chi connectivity index (χ2n) is 13.1. The van der Waals surface area contributed by atoms with Gasteiger partial charge in [-0.25, -0.2) is 0 Å². The van der Waals surface area contributed by atoms with Crippen molar-refractivity contribution in [3.63, 3.8) is 0 Å². The third kappa shape index (κ3) is 7.99. The van der Waals surface area contributed by atoms with Crippen molar-refractivity contribution in [3.8, 4) is 0 Å². The van der Waals surface area contributed by atoms with Gasteiger partial charge in [0.25, 0.3) is 5.69 Å². The molecule has 1 saturated heterocycles. The fourth-order valence-corrected chi connectivity index (χ4v) is 7.64. The smallest absolute Gasteiger partial charge is 0.269 e. The Morgan fingerprint density at radius 2 is 1.57 bits per heavy atom. The number of non-ortho nitro benzene ring substituents is 1. The molecule has 0 bridgehead atoms. The van der Waals surface area contributed by atoms with Crippen molar-refractivity contribution in [2.75, 3.05) is 26.2 Å². The number of nitrogens with zero attached hydrogens (tertiary/aromatic N) is 4. The van der Waals surface area contributed by atoms with Crippen molar-refractivity contribution in [2.24, 2.45) is 4.99 Å². The number of carbonyl (C=O) groups excluding carboxylic acids is 2. The number of piperidine rings is 1. The highest BCUT2D eigenvalue weighted by atomic mass is 16.6. The lowest BCUT2D eigenvalue weighted by Gasteiger charge is -2.43. The maximum absolute atomic E-state index is 13.0. The van der Waals surface area contributed by atoms with Crippen LogP contribution in [0.4, 0.5) is 5.69 Å². The van der Waals surface area contributed by atoms with Gasteiger partial charge in [0.05, 0.1) is 28.3 Å². The van der Waals surface area contributed by atoms with Crippen molar-refractivity contribution < 1.29 is 14.5 Å². The number of carbonyl (C=O) groups is 2. The molecule has 0 saturated carbocycles. The molecule has 3 aromatic carbocycles. The van der Waals surface area contributed by atoms with Crippen molar-refractivity contribution in [1.82, 2.24) is 15.1 Å². The molecule has 0 aromatic heterocycles. The Hall–Kier alpha value is -4.63. The summed E-state index contributed by atoms with van der Waals surface area (Å²) < 4.78 is 0. The number of hydrogen-bond donors (Lipinski definition) is 1. The van der Waals surface area contributed by atoms with E-state index in [9.17, 15) is 19.7 Å². The number of rotatable bonds is 15. The van der Waals surface area contributed by atoms with Gasteiger partial charge in [-0.1, -0.05) is 93.6 Å². The molecule has 2 amide bonds. The first kappa shape index (κ1) is 35.7. The predicted molar refractivity (Wildman–Crippen MR) is 194 cm³/mol. The van der Waals surface area contributed by atoms with Crippen LogP contribution in [0.25, 0.3) is 0 Å². The SMILES string of the molecule is CCCC(=O)NC1C(CC)=NC(CC)=C(N(C=O)CCCN2CCC(c3ccccc3)(c3ccccc3)CC2)C1c1ccc([N+](=O)[O-])cc1. The maximum atomic E-state index is 13.0. The summed E-state index contributed by atoms with van der Waals surface area (Å²) in [5.74, 6) is -0.494. The molecule has 5 rings (SSSR count). The normalized spacial score (nSPS) is 19.2. The van der Waals surface area contributed by atoms with E-state index in [0.29, 0.717) is 32.2 Å². The van der Waals surface area contributed by atoms with Crippen LogP contribution in [-0.4, -0.2) is 65.0 Å². The molecule has 0 spiro atoms. The minimum Gasteiger partial charge on any atom is -0.347 e. The van der Waals surface area contributed by atoms with Gasteiger partial charge in [-0.15, -0.1) is 0 Å². The van der Waals surface area contributed by atoms with Gasteiger partial charge in [-0.2, -0.15) is 0 Å². The molecule has 3 aromatic rings. The fourth-order valence-electron chi connectivity index (χ4n) is 7.64. The van der Waals surface area contributed by atoms with Gasteiger partial charge < -0.3 is 15.1 Å². The quantitative estimate of drug-likeness (QED) is 0.104. The molecule has 1 N–H and O–H groups in total. The molecule has 9 heteroatoms. The van der Waals surface area contributed by atoms with Gasteiger partial charge in [0.1, 0.15) is 0 Å². The second kappa shape index (κ2) is 16.7. The third-order valence-electron chi connectivity index (χ3n) is 10.2. The van der Waals surface area contributed by atoms with Crippen LogP contribution in [0.2, 0.25) is 0 Å². The highest BCUT2D eigenvalue weighted by Crippen LogP contribution is 2.42. The number of amides is 2. The van der Waals surface area contributed by atoms with Crippen LogP contribution >= 0.6 is 0 Å². The van der Waals surface area contributed by atoms with E-state index in [1.807, 2.05) is 20.8 Å². The minimum absolute atomic E-state index is 0.00548. The molecule has 258 valence electrons. The molecule has 0 radical (unpaired) electrons. The van der Waals surface area contributed by atoms with Gasteiger partial charge in [0.2, 0.25) is 12.3 Å². The first-order chi connectivity index (χ1) is 23.8. The van der Waals surface area contributed by atoms with Gasteiger partial charge in [0, 0.05) is 36.2 Å². The molecule has 1 fully saturated rings. The Balaban J connectivity index is 1.37. The van der Waals surface area contributed by atoms with E-state index in [2.05, 4.69) is 70.9 Å². The monoisotopic (exact) mass is 663 g/mol. The van der Waals surface area contributed by atoms with E-state index in [0.717, 1.165) is 68.0 Å². The van der Waals surface area contributed by atoms with Crippen molar-refractivity contribution in [3.05, 3.63) is 123 Å². The van der Waals surface area contributed by atoms with Crippen LogP contribution in [0.3, 0.4) is 0 Å². The molecular weight excluding hydrogens is 614 g/mol. The number of benzene rings is 3. The van der Waals surface area contributed by atoms with Crippen LogP contribution < -0.4 is 5.32 Å². The summed E-state index contributed by atoms with van der Waals surface area (Å²) in [6.45, 7) is 9.26. The third-order valence-corrected chi connectivity index (χ3v) is 10.2. The van der Waals surface area contributed by atoms with E-state index < -0.39 is 16.9 Å². The molecular formula is C40H49N5O4. The van der Waals surface area contributed by atoms with Crippen LogP contribution in [0.5, 0.6) is 0 Å². The zero-order chi connectivity index (χ0) is 34.8. The van der Waals surface area contributed by atoms with Gasteiger partial charge in [0.15, 0.2) is 0 Å². The molecule has 2 unspecified atom stereocenters. The second-order valence-corrected chi connectivity index (χ2v) is 13.1. The maximum Gasteiger partial charge on any atom is 0.269 e. The molecule has 0 aliphatic carbocycles. The van der Waals surface area contributed by atoms with Crippen molar-refractivity contribution in [1.29, 1.82) is 0 Å². The van der Waals surface area contributed by atoms with E-state index >= 15 is 0 Å². The average molecular weight is 664 g/mol. The lowest BCUT2D eigenvalue weighted by atomic mass is 9.68. The zero-order valence-corrected chi connectivity index (χ0v) is 29.0. The summed E-state index contributed by atoms with van der Waals surface area (Å²) in [4.78, 5) is 46.2. The molecule has 49 heavy (non-hydrogen) atoms. The Kier molecular flexibility index (Phi) is 12.1. The number of aliphatic imine (C=N–C) groups is 1. The lowest BCUT2D eigenvalue weighted by molar-refractivity contribution is -0.384. The number of nitro groups is 1. The Labute approximate surface area is 290 Å². The standard InChI is InChI=1S/C40H49N5O4/c1-4-14-36(47)42-38-34(5-2)41-35(6-3)39(37(38)30-19-21-33(22-20-30)45(48)49)44(29-46)26-13-25-43-27-23-40(24-28-43,31-15-9-7-10-16-31)32-17-11-8-12-18-32/h7-12,15-22,29,37-38H,4-6,13-14,23-28H2,1-3H3,(H,42,47). The predicted octanol–water partition coefficient (Wildman–Crippen LogP) is 7.38. The summed E-state index contributed by atoms with van der Waals surface area (Å²) in [6.07, 6.45) is 6.00. The number of allylic oxidation sites excluding steroid dienone is 1. The van der Waals surface area contributed by atoms with Gasteiger partial charge in [-0.05, 0) is 74.8 Å². The summed E-state index contributed by atoms with van der Waals surface area (Å²) in [5.41, 5.74) is 5.89. The van der Waals surface area contributed by atoms with Crippen LogP contribution in [0.15, 0.2) is 101 Å². The van der Waals surface area contributed by atoms with E-state index in [4.69, 9.17) is 4.99 Å². The van der Waals surface area contributed by atoms with E-state index in [-0.39, 0.29) is 17.0 Å². The first-order valence-electron chi connectivity index (χ1n) is 17.7. The molecule has 2 heterocycles. The van der Waals surface area contributed by atoms with Gasteiger partial charge >= 0.3 is 0 Å². The van der Waals surface area contributed by atoms with E-state index in [1.165, 1.54) is 23.3 Å². The number of likely N-dealkylation sites (tertiary alicyclic amines) is 1. The van der Waals surface area contributed by atoms with Crippen LogP contribution in [0, 0.1) is 10.1 Å². The molecule has 2 aliphatic rings. The molecule has 2 aliphatic heterocycles. The van der Waals surface area contributed by atoms with Crippen LogP contribution in [-0.2, 0) is 15.0 Å². The Morgan fingerprint density at radius 1 is 0.959 bits per heavy atom. The molecule has 9 nitrogen and oxygen atoms in total. The summed E-state index contributed by atoms with van der Waals surface area (Å²) in [5, 5.41) is 14.7. The summed E-state index contributed by atoms with van der Waals surface area (Å²) in [6, 6.07) is 27.7. The topological polar surface area (TPSA) is 108 Å². The first-order valence-corrected chi connectivity index (χ1v) is 17.7. The molecule has 2 atom stereocenters. The van der Waals surface area contributed by atoms with Crippen molar-refractivity contribution in [2.45, 2.75) is 83.1 Å². The summed E-state index contributed by atoms with van der Waals surface area (Å²) >= 11 is 0. The average Bonchev–Trinajstić information content (AvgIpc) is 3.14. The Morgan fingerprint density at radius 3 is 2.08 bits per heavy atom. The Bertz CT molecular complexity index is 1590. The highest BCUT2D eigenvalue weighted by Gasteiger charge is 2.40. The minimum atomic E-state index is -0.468. The highest BCUT2D eigenvalue weighted by molar-refractivity contribution is 5.96. The van der Waals surface area contributed by atoms with E-state index in [1.54, 1.807) is 17.0 Å². The fraction of sp³-hybridized carbons (Fsp3) is 0.425. The zero-order valence-electron chi connectivity index (χ0n) is 29.0. The lowest BCUT2D eigenvalue weighted by Crippen LogP contribution is -2.49. The van der Waals surface area contributed by atoms with Crippen LogP contribution in [0.1, 0.15) is 88.3 Å². The van der Waals surface area contributed by atoms with Crippen molar-refractivity contribution >= 4 is 23.7 Å². The largest absolute Gasteiger partial charge is 0.347 e. The number of nitrogens with one attached hydrogen (secondary N) is 1.